The first-order chi connectivity index (χ1) is 8.67. The van der Waals surface area contributed by atoms with E-state index >= 15 is 0 Å². The summed E-state index contributed by atoms with van der Waals surface area (Å²) in [6, 6.07) is 3.13. The van der Waals surface area contributed by atoms with Crippen LogP contribution in [-0.2, 0) is 10.2 Å². The van der Waals surface area contributed by atoms with Gasteiger partial charge >= 0.3 is 5.97 Å². The second kappa shape index (κ2) is 4.29. The topological polar surface area (TPSA) is 37.3 Å². The Balaban J connectivity index is 2.36. The highest BCUT2D eigenvalue weighted by Gasteiger charge is 2.55. The number of benzene rings is 1. The van der Waals surface area contributed by atoms with Crippen LogP contribution < -0.4 is 0 Å². The summed E-state index contributed by atoms with van der Waals surface area (Å²) in [6.07, 6.45) is 0.794. The van der Waals surface area contributed by atoms with E-state index in [9.17, 15) is 18.7 Å². The first-order valence-corrected chi connectivity index (χ1v) is 6.36. The van der Waals surface area contributed by atoms with Crippen LogP contribution in [0.1, 0.15) is 39.2 Å². The van der Waals surface area contributed by atoms with Crippen molar-refractivity contribution in [3.8, 4) is 0 Å². The van der Waals surface area contributed by atoms with Gasteiger partial charge in [-0.25, -0.2) is 8.78 Å². The van der Waals surface area contributed by atoms with Gasteiger partial charge in [-0.2, -0.15) is 0 Å². The van der Waals surface area contributed by atoms with Crippen LogP contribution in [0.3, 0.4) is 0 Å². The van der Waals surface area contributed by atoms with Gasteiger partial charge in [-0.1, -0.05) is 26.8 Å². The van der Waals surface area contributed by atoms with Crippen LogP contribution in [0.5, 0.6) is 0 Å². The molecule has 1 N–H and O–H groups in total. The Morgan fingerprint density at radius 2 is 1.89 bits per heavy atom. The standard InChI is InChI=1S/C15H18F2O2/c1-14(2,3)9-7-15(8-9,13(18)19)11-5-4-10(16)6-12(11)17/h4-6,9H,7-8H2,1-3H3,(H,18,19). The molecule has 2 nitrogen and oxygen atoms in total. The first kappa shape index (κ1) is 14.0. The van der Waals surface area contributed by atoms with Crippen molar-refractivity contribution >= 4 is 5.97 Å². The van der Waals surface area contributed by atoms with Crippen LogP contribution in [0.2, 0.25) is 0 Å². The number of halogens is 2. The van der Waals surface area contributed by atoms with E-state index in [-0.39, 0.29) is 16.9 Å². The number of hydrogen-bond donors (Lipinski definition) is 1. The highest BCUT2D eigenvalue weighted by atomic mass is 19.1. The van der Waals surface area contributed by atoms with Crippen LogP contribution in [0, 0.1) is 23.0 Å². The number of carboxylic acids is 1. The third kappa shape index (κ3) is 2.24. The Morgan fingerprint density at radius 1 is 1.32 bits per heavy atom. The fourth-order valence-corrected chi connectivity index (χ4v) is 2.78. The number of hydrogen-bond acceptors (Lipinski definition) is 1. The third-order valence-corrected chi connectivity index (χ3v) is 4.27. The Kier molecular flexibility index (Phi) is 3.15. The molecule has 1 aromatic rings. The molecule has 0 heterocycles. The molecule has 0 aromatic heterocycles. The lowest BCUT2D eigenvalue weighted by molar-refractivity contribution is -0.152. The van der Waals surface area contributed by atoms with Gasteiger partial charge in [0.15, 0.2) is 0 Å². The van der Waals surface area contributed by atoms with Crippen LogP contribution in [0.15, 0.2) is 18.2 Å². The summed E-state index contributed by atoms with van der Waals surface area (Å²) >= 11 is 0. The van der Waals surface area contributed by atoms with Crippen molar-refractivity contribution in [2.75, 3.05) is 0 Å². The zero-order chi connectivity index (χ0) is 14.4. The van der Waals surface area contributed by atoms with Crippen molar-refractivity contribution in [3.05, 3.63) is 35.4 Å². The maximum absolute atomic E-state index is 13.8. The summed E-state index contributed by atoms with van der Waals surface area (Å²) in [5.41, 5.74) is -1.10. The Labute approximate surface area is 111 Å². The van der Waals surface area contributed by atoms with Crippen LogP contribution in [-0.4, -0.2) is 11.1 Å². The van der Waals surface area contributed by atoms with Gasteiger partial charge in [0.05, 0.1) is 5.41 Å². The van der Waals surface area contributed by atoms with Crippen LogP contribution in [0.25, 0.3) is 0 Å². The van der Waals surface area contributed by atoms with Gasteiger partial charge in [0.1, 0.15) is 11.6 Å². The number of aliphatic carboxylic acids is 1. The number of rotatable bonds is 2. The maximum atomic E-state index is 13.8. The van der Waals surface area contributed by atoms with E-state index in [1.807, 2.05) is 20.8 Å². The molecule has 19 heavy (non-hydrogen) atoms. The third-order valence-electron chi connectivity index (χ3n) is 4.27. The average Bonchev–Trinajstić information content (AvgIpc) is 2.16. The second-order valence-electron chi connectivity index (χ2n) is 6.48. The van der Waals surface area contributed by atoms with E-state index in [1.165, 1.54) is 6.07 Å². The molecule has 0 spiro atoms. The van der Waals surface area contributed by atoms with Gasteiger partial charge in [-0.3, -0.25) is 4.79 Å². The molecule has 4 heteroatoms. The van der Waals surface area contributed by atoms with Crippen LogP contribution >= 0.6 is 0 Å². The summed E-state index contributed by atoms with van der Waals surface area (Å²) in [6.45, 7) is 6.14. The Morgan fingerprint density at radius 3 is 2.32 bits per heavy atom. The largest absolute Gasteiger partial charge is 0.481 e. The van der Waals surface area contributed by atoms with Gasteiger partial charge in [0.25, 0.3) is 0 Å². The predicted molar refractivity (Wildman–Crippen MR) is 67.9 cm³/mol. The molecule has 1 fully saturated rings. The van der Waals surface area contributed by atoms with Crippen molar-refractivity contribution in [2.45, 2.75) is 39.0 Å². The molecular weight excluding hydrogens is 250 g/mol. The SMILES string of the molecule is CC(C)(C)C1CC(C(=O)O)(c2ccc(F)cc2F)C1. The minimum atomic E-state index is -1.20. The lowest BCUT2D eigenvalue weighted by Gasteiger charge is -2.50. The zero-order valence-corrected chi connectivity index (χ0v) is 11.3. The molecule has 104 valence electrons. The Hall–Kier alpha value is -1.45. The molecule has 0 unspecified atom stereocenters. The van der Waals surface area contributed by atoms with Crippen molar-refractivity contribution in [1.82, 2.24) is 0 Å². The molecular formula is C15H18F2O2. The van der Waals surface area contributed by atoms with E-state index in [1.54, 1.807) is 0 Å². The second-order valence-corrected chi connectivity index (χ2v) is 6.48. The lowest BCUT2D eigenvalue weighted by atomic mass is 9.52. The Bertz CT molecular complexity index is 511. The molecule has 0 bridgehead atoms. The quantitative estimate of drug-likeness (QED) is 0.887. The fourth-order valence-electron chi connectivity index (χ4n) is 2.78. The van der Waals surface area contributed by atoms with Crippen molar-refractivity contribution < 1.29 is 18.7 Å². The van der Waals surface area contributed by atoms with Gasteiger partial charge in [0, 0.05) is 11.6 Å². The van der Waals surface area contributed by atoms with Crippen LogP contribution in [0.4, 0.5) is 8.78 Å². The smallest absolute Gasteiger partial charge is 0.314 e. The fraction of sp³-hybridized carbons (Fsp3) is 0.533. The minimum absolute atomic E-state index is 0.00451. The van der Waals surface area contributed by atoms with E-state index < -0.39 is 23.0 Å². The molecule has 0 radical (unpaired) electrons. The highest BCUT2D eigenvalue weighted by molar-refractivity contribution is 5.83. The van der Waals surface area contributed by atoms with Gasteiger partial charge in [-0.05, 0) is 30.2 Å². The lowest BCUT2D eigenvalue weighted by Crippen LogP contribution is -2.52. The number of carboxylic acid groups (broad SMARTS) is 1. The first-order valence-electron chi connectivity index (χ1n) is 6.36. The van der Waals surface area contributed by atoms with E-state index in [0.29, 0.717) is 12.8 Å². The maximum Gasteiger partial charge on any atom is 0.314 e. The zero-order valence-electron chi connectivity index (χ0n) is 11.3. The predicted octanol–water partition coefficient (Wildman–Crippen LogP) is 3.74. The summed E-state index contributed by atoms with van der Waals surface area (Å²) in [7, 11) is 0. The highest BCUT2D eigenvalue weighted by Crippen LogP contribution is 2.55. The molecule has 0 atom stereocenters. The van der Waals surface area contributed by atoms with E-state index in [0.717, 1.165) is 12.1 Å². The monoisotopic (exact) mass is 268 g/mol. The van der Waals surface area contributed by atoms with Crippen molar-refractivity contribution in [2.24, 2.45) is 11.3 Å². The van der Waals surface area contributed by atoms with Crippen molar-refractivity contribution in [1.29, 1.82) is 0 Å². The summed E-state index contributed by atoms with van der Waals surface area (Å²) in [4.78, 5) is 11.6. The van der Waals surface area contributed by atoms with Gasteiger partial charge < -0.3 is 5.11 Å². The molecule has 2 rings (SSSR count). The summed E-state index contributed by atoms with van der Waals surface area (Å²) in [5.74, 6) is -2.25. The molecule has 1 aliphatic rings. The molecule has 1 aromatic carbocycles. The van der Waals surface area contributed by atoms with E-state index in [4.69, 9.17) is 0 Å². The van der Waals surface area contributed by atoms with Gasteiger partial charge in [0.2, 0.25) is 0 Å². The molecule has 0 amide bonds. The molecule has 0 aliphatic heterocycles. The minimum Gasteiger partial charge on any atom is -0.481 e. The molecule has 1 saturated carbocycles. The van der Waals surface area contributed by atoms with Gasteiger partial charge in [-0.15, -0.1) is 0 Å². The molecule has 0 saturated heterocycles. The summed E-state index contributed by atoms with van der Waals surface area (Å²) in [5, 5.41) is 9.45. The van der Waals surface area contributed by atoms with Crippen molar-refractivity contribution in [3.63, 3.8) is 0 Å². The van der Waals surface area contributed by atoms with E-state index in [2.05, 4.69) is 0 Å². The number of carbonyl (C=O) groups is 1. The summed E-state index contributed by atoms with van der Waals surface area (Å²) < 4.78 is 26.8. The molecule has 1 aliphatic carbocycles. The average molecular weight is 268 g/mol. The normalized spacial score (nSPS) is 26.9.